The van der Waals surface area contributed by atoms with Gasteiger partial charge in [-0.05, 0) is 0 Å². The SMILES string of the molecule is FC(F)(F)C(Cl)C(Cl)(Br)C(F)(F)F. The second-order valence-corrected chi connectivity index (χ2v) is 4.76. The quantitative estimate of drug-likeness (QED) is 0.506. The Kier molecular flexibility index (Phi) is 3.84. The molecule has 2 unspecified atom stereocenters. The summed E-state index contributed by atoms with van der Waals surface area (Å²) in [4.78, 5) is 0. The maximum Gasteiger partial charge on any atom is 0.419 e. The van der Waals surface area contributed by atoms with Gasteiger partial charge in [-0.15, -0.1) is 11.6 Å². The van der Waals surface area contributed by atoms with Crippen molar-refractivity contribution in [1.29, 1.82) is 0 Å². The van der Waals surface area contributed by atoms with Gasteiger partial charge >= 0.3 is 12.4 Å². The van der Waals surface area contributed by atoms with Gasteiger partial charge in [0.2, 0.25) is 3.78 Å². The fraction of sp³-hybridized carbons (Fsp3) is 1.00. The highest BCUT2D eigenvalue weighted by molar-refractivity contribution is 9.10. The molecule has 0 aromatic rings. The molecule has 0 aliphatic heterocycles. The standard InChI is InChI=1S/C4HBrCl2F6/c5-2(7,4(11,12)13)1(6)3(8,9)10/h1H. The Labute approximate surface area is 87.3 Å². The van der Waals surface area contributed by atoms with E-state index >= 15 is 0 Å². The minimum atomic E-state index is -5.30. The van der Waals surface area contributed by atoms with Crippen molar-refractivity contribution in [3.05, 3.63) is 0 Å². The molecule has 0 aromatic carbocycles. The molecule has 0 radical (unpaired) electrons. The van der Waals surface area contributed by atoms with Crippen molar-refractivity contribution in [2.24, 2.45) is 0 Å². The largest absolute Gasteiger partial charge is 0.419 e. The van der Waals surface area contributed by atoms with Crippen LogP contribution >= 0.6 is 39.1 Å². The van der Waals surface area contributed by atoms with Crippen LogP contribution in [0.2, 0.25) is 0 Å². The molecule has 0 aliphatic rings. The van der Waals surface area contributed by atoms with Crippen LogP contribution in [0.15, 0.2) is 0 Å². The predicted octanol–water partition coefficient (Wildman–Crippen LogP) is 4.05. The first-order valence-electron chi connectivity index (χ1n) is 2.56. The smallest absolute Gasteiger partial charge is 0.169 e. The lowest BCUT2D eigenvalue weighted by molar-refractivity contribution is -0.182. The monoisotopic (exact) mass is 312 g/mol. The van der Waals surface area contributed by atoms with E-state index in [1.165, 1.54) is 0 Å². The van der Waals surface area contributed by atoms with Crippen molar-refractivity contribution in [2.45, 2.75) is 21.5 Å². The van der Waals surface area contributed by atoms with Crippen LogP contribution < -0.4 is 0 Å². The highest BCUT2D eigenvalue weighted by Crippen LogP contribution is 2.50. The topological polar surface area (TPSA) is 0 Å². The van der Waals surface area contributed by atoms with Gasteiger partial charge in [0.25, 0.3) is 0 Å². The van der Waals surface area contributed by atoms with Gasteiger partial charge < -0.3 is 0 Å². The summed E-state index contributed by atoms with van der Waals surface area (Å²) < 4.78 is 67.0. The number of hydrogen-bond acceptors (Lipinski definition) is 0. The highest BCUT2D eigenvalue weighted by atomic mass is 79.9. The molecule has 0 spiro atoms. The van der Waals surface area contributed by atoms with E-state index in [1.54, 1.807) is 15.9 Å². The minimum absolute atomic E-state index is 1.69. The van der Waals surface area contributed by atoms with Crippen LogP contribution in [0.4, 0.5) is 26.3 Å². The normalized spacial score (nSPS) is 21.0. The fourth-order valence-electron chi connectivity index (χ4n) is 0.349. The Balaban J connectivity index is 4.86. The molecule has 0 saturated heterocycles. The predicted molar refractivity (Wildman–Crippen MR) is 39.3 cm³/mol. The molecule has 0 saturated carbocycles. The first-order chi connectivity index (χ1) is 5.40. The Morgan fingerprint density at radius 1 is 1.00 bits per heavy atom. The molecular formula is C4HBrCl2F6. The van der Waals surface area contributed by atoms with Gasteiger partial charge in [0.1, 0.15) is 0 Å². The highest BCUT2D eigenvalue weighted by Gasteiger charge is 2.64. The number of alkyl halides is 9. The second-order valence-electron chi connectivity index (χ2n) is 2.02. The van der Waals surface area contributed by atoms with Crippen LogP contribution in [-0.2, 0) is 0 Å². The zero-order valence-electron chi connectivity index (χ0n) is 5.48. The van der Waals surface area contributed by atoms with Crippen molar-refractivity contribution >= 4 is 39.1 Å². The zero-order chi connectivity index (χ0) is 11.1. The Morgan fingerprint density at radius 3 is 1.38 bits per heavy atom. The molecule has 2 atom stereocenters. The molecule has 0 N–H and O–H groups in total. The molecule has 9 heteroatoms. The number of hydrogen-bond donors (Lipinski definition) is 0. The summed E-state index contributed by atoms with van der Waals surface area (Å²) in [6.07, 6.45) is -10.5. The molecule has 0 rings (SSSR count). The van der Waals surface area contributed by atoms with E-state index < -0.39 is 21.5 Å². The Morgan fingerprint density at radius 2 is 1.31 bits per heavy atom. The van der Waals surface area contributed by atoms with E-state index in [1.807, 2.05) is 0 Å². The van der Waals surface area contributed by atoms with E-state index in [-0.39, 0.29) is 0 Å². The Hall–Kier alpha value is 0.640. The van der Waals surface area contributed by atoms with E-state index in [2.05, 4.69) is 23.2 Å². The maximum atomic E-state index is 11.9. The van der Waals surface area contributed by atoms with Crippen molar-refractivity contribution in [2.75, 3.05) is 0 Å². The lowest BCUT2D eigenvalue weighted by atomic mass is 10.3. The maximum absolute atomic E-state index is 11.9. The van der Waals surface area contributed by atoms with Gasteiger partial charge in [0.05, 0.1) is 0 Å². The molecule has 13 heavy (non-hydrogen) atoms. The van der Waals surface area contributed by atoms with Gasteiger partial charge in [0.15, 0.2) is 5.38 Å². The summed E-state index contributed by atoms with van der Waals surface area (Å²) in [5.74, 6) is 0. The van der Waals surface area contributed by atoms with Gasteiger partial charge in [0, 0.05) is 0 Å². The summed E-state index contributed by atoms with van der Waals surface area (Å²) in [7, 11) is 0. The van der Waals surface area contributed by atoms with Crippen molar-refractivity contribution < 1.29 is 26.3 Å². The molecule has 80 valence electrons. The zero-order valence-corrected chi connectivity index (χ0v) is 8.58. The molecule has 0 aromatic heterocycles. The first-order valence-corrected chi connectivity index (χ1v) is 4.16. The van der Waals surface area contributed by atoms with Crippen LogP contribution in [0.3, 0.4) is 0 Å². The van der Waals surface area contributed by atoms with Crippen molar-refractivity contribution in [3.8, 4) is 0 Å². The molecule has 0 aliphatic carbocycles. The van der Waals surface area contributed by atoms with Crippen LogP contribution in [0.25, 0.3) is 0 Å². The minimum Gasteiger partial charge on any atom is -0.169 e. The van der Waals surface area contributed by atoms with E-state index in [0.29, 0.717) is 0 Å². The van der Waals surface area contributed by atoms with E-state index in [4.69, 9.17) is 0 Å². The van der Waals surface area contributed by atoms with Crippen LogP contribution in [0.1, 0.15) is 0 Å². The van der Waals surface area contributed by atoms with Gasteiger partial charge in [-0.2, -0.15) is 26.3 Å². The van der Waals surface area contributed by atoms with Gasteiger partial charge in [-0.1, -0.05) is 27.5 Å². The second kappa shape index (κ2) is 3.66. The number of halogens is 9. The Bertz CT molecular complexity index is 184. The van der Waals surface area contributed by atoms with Gasteiger partial charge in [-0.3, -0.25) is 0 Å². The summed E-state index contributed by atoms with van der Waals surface area (Å²) in [6, 6.07) is 0. The van der Waals surface area contributed by atoms with E-state index in [0.717, 1.165) is 0 Å². The average Bonchev–Trinajstić information content (AvgIpc) is 1.81. The molecule has 0 nitrogen and oxygen atoms in total. The first kappa shape index (κ1) is 13.6. The third-order valence-corrected chi connectivity index (χ3v) is 3.27. The molecule has 0 heterocycles. The lowest BCUT2D eigenvalue weighted by Gasteiger charge is -2.29. The third kappa shape index (κ3) is 3.06. The summed E-state index contributed by atoms with van der Waals surface area (Å²) in [5, 5.41) is -3.25. The molecule has 0 fully saturated rings. The third-order valence-electron chi connectivity index (χ3n) is 0.984. The molecule has 0 amide bonds. The summed E-state index contributed by atoms with van der Waals surface area (Å²) >= 11 is 10.8. The fourth-order valence-corrected chi connectivity index (χ4v) is 0.856. The van der Waals surface area contributed by atoms with Crippen LogP contribution in [-0.4, -0.2) is 21.5 Å². The van der Waals surface area contributed by atoms with Gasteiger partial charge in [-0.25, -0.2) is 0 Å². The number of rotatable bonds is 1. The van der Waals surface area contributed by atoms with Crippen LogP contribution in [0.5, 0.6) is 0 Å². The average molecular weight is 314 g/mol. The van der Waals surface area contributed by atoms with Crippen molar-refractivity contribution in [3.63, 3.8) is 0 Å². The summed E-state index contributed by atoms with van der Waals surface area (Å²) in [5.41, 5.74) is 0. The van der Waals surface area contributed by atoms with E-state index in [9.17, 15) is 26.3 Å². The molecule has 0 bridgehead atoms. The summed E-state index contributed by atoms with van der Waals surface area (Å²) in [6.45, 7) is 0. The van der Waals surface area contributed by atoms with Crippen LogP contribution in [0, 0.1) is 0 Å². The molecular weight excluding hydrogens is 313 g/mol. The lowest BCUT2D eigenvalue weighted by Crippen LogP contribution is -2.48. The van der Waals surface area contributed by atoms with Crippen molar-refractivity contribution in [1.82, 2.24) is 0 Å².